The van der Waals surface area contributed by atoms with Gasteiger partial charge in [0, 0.05) is 5.41 Å². The van der Waals surface area contributed by atoms with Gasteiger partial charge in [0.2, 0.25) is 0 Å². The number of nitrogens with one attached hydrogen (secondary N) is 2. The zero-order valence-corrected chi connectivity index (χ0v) is 15.8. The number of aromatic amines is 1. The van der Waals surface area contributed by atoms with Gasteiger partial charge in [-0.15, -0.1) is 0 Å². The quantitative estimate of drug-likeness (QED) is 0.735. The molecule has 26 heavy (non-hydrogen) atoms. The molecule has 1 aliphatic heterocycles. The lowest BCUT2D eigenvalue weighted by molar-refractivity contribution is 0.134. The first-order valence-electron chi connectivity index (χ1n) is 8.45. The largest absolute Gasteiger partial charge is 0.372 e. The van der Waals surface area contributed by atoms with Gasteiger partial charge in [-0.3, -0.25) is 4.72 Å². The first-order chi connectivity index (χ1) is 12.2. The van der Waals surface area contributed by atoms with Crippen molar-refractivity contribution in [2.75, 3.05) is 4.72 Å². The fraction of sp³-hybridized carbons (Fsp3) is 0.316. The number of ether oxygens (including phenoxy) is 1. The Morgan fingerprint density at radius 3 is 2.62 bits per heavy atom. The Balaban J connectivity index is 1.65. The van der Waals surface area contributed by atoms with Crippen molar-refractivity contribution in [3.63, 3.8) is 0 Å². The number of imidazole rings is 1. The van der Waals surface area contributed by atoms with Crippen LogP contribution in [0.15, 0.2) is 41.3 Å². The summed E-state index contributed by atoms with van der Waals surface area (Å²) in [5.74, 6) is 0.867. The number of anilines is 1. The third kappa shape index (κ3) is 3.08. The highest BCUT2D eigenvalue weighted by Crippen LogP contribution is 2.27. The number of sulfonamides is 1. The Morgan fingerprint density at radius 2 is 1.85 bits per heavy atom. The number of nitrogens with zero attached hydrogens (tertiary/aromatic N) is 1. The zero-order valence-electron chi connectivity index (χ0n) is 15.0. The molecular formula is C19H21N3O3S. The van der Waals surface area contributed by atoms with Gasteiger partial charge in [0.1, 0.15) is 5.82 Å². The number of fused-ring (bicyclic) bond motifs is 2. The fourth-order valence-electron chi connectivity index (χ4n) is 2.96. The predicted octanol–water partition coefficient (Wildman–Crippen LogP) is 3.69. The summed E-state index contributed by atoms with van der Waals surface area (Å²) in [6.07, 6.45) is 0. The Labute approximate surface area is 152 Å². The van der Waals surface area contributed by atoms with Crippen LogP contribution >= 0.6 is 0 Å². The van der Waals surface area contributed by atoms with Crippen molar-refractivity contribution < 1.29 is 13.2 Å². The number of benzene rings is 2. The molecule has 0 fully saturated rings. The van der Waals surface area contributed by atoms with E-state index in [9.17, 15) is 8.42 Å². The molecule has 7 heteroatoms. The van der Waals surface area contributed by atoms with Gasteiger partial charge in [0.25, 0.3) is 10.0 Å². The highest BCUT2D eigenvalue weighted by Gasteiger charge is 2.21. The van der Waals surface area contributed by atoms with Gasteiger partial charge in [0.15, 0.2) is 0 Å². The minimum atomic E-state index is -3.67. The number of hydrogen-bond acceptors (Lipinski definition) is 4. The lowest BCUT2D eigenvalue weighted by Gasteiger charge is -2.13. The summed E-state index contributed by atoms with van der Waals surface area (Å²) in [4.78, 5) is 8.08. The van der Waals surface area contributed by atoms with E-state index in [2.05, 4.69) is 35.5 Å². The second-order valence-corrected chi connectivity index (χ2v) is 9.28. The van der Waals surface area contributed by atoms with E-state index in [1.807, 2.05) is 12.1 Å². The lowest BCUT2D eigenvalue weighted by atomic mass is 9.96. The van der Waals surface area contributed by atoms with Crippen molar-refractivity contribution in [3.05, 3.63) is 53.3 Å². The Hall–Kier alpha value is -2.38. The Kier molecular flexibility index (Phi) is 3.82. The van der Waals surface area contributed by atoms with Crippen LogP contribution in [0.1, 0.15) is 37.7 Å². The second-order valence-electron chi connectivity index (χ2n) is 7.60. The molecule has 0 saturated heterocycles. The molecule has 0 radical (unpaired) electrons. The van der Waals surface area contributed by atoms with Gasteiger partial charge >= 0.3 is 0 Å². The van der Waals surface area contributed by atoms with Crippen LogP contribution in [0, 0.1) is 0 Å². The molecule has 0 saturated carbocycles. The zero-order chi connectivity index (χ0) is 18.5. The smallest absolute Gasteiger partial charge is 0.261 e. The van der Waals surface area contributed by atoms with Gasteiger partial charge < -0.3 is 9.72 Å². The van der Waals surface area contributed by atoms with E-state index in [1.54, 1.807) is 24.3 Å². The van der Waals surface area contributed by atoms with Crippen molar-refractivity contribution in [2.24, 2.45) is 0 Å². The maximum absolute atomic E-state index is 12.7. The molecule has 0 unspecified atom stereocenters. The van der Waals surface area contributed by atoms with E-state index in [1.165, 1.54) is 0 Å². The predicted molar refractivity (Wildman–Crippen MR) is 101 cm³/mol. The third-order valence-electron chi connectivity index (χ3n) is 4.45. The molecule has 136 valence electrons. The number of rotatable bonds is 3. The van der Waals surface area contributed by atoms with Crippen LogP contribution < -0.4 is 4.72 Å². The van der Waals surface area contributed by atoms with Crippen LogP contribution in [0.4, 0.5) is 5.69 Å². The Morgan fingerprint density at radius 1 is 1.08 bits per heavy atom. The van der Waals surface area contributed by atoms with E-state index < -0.39 is 10.0 Å². The Bertz CT molecular complexity index is 1090. The van der Waals surface area contributed by atoms with Gasteiger partial charge in [-0.25, -0.2) is 13.4 Å². The first-order valence-corrected chi connectivity index (χ1v) is 9.93. The van der Waals surface area contributed by atoms with Crippen molar-refractivity contribution in [2.45, 2.75) is 44.3 Å². The molecule has 6 nitrogen and oxygen atoms in total. The average Bonchev–Trinajstić information content (AvgIpc) is 3.19. The first kappa shape index (κ1) is 17.1. The molecule has 1 aromatic heterocycles. The highest BCUT2D eigenvalue weighted by atomic mass is 32.2. The summed E-state index contributed by atoms with van der Waals surface area (Å²) < 4.78 is 33.5. The number of aromatic nitrogens is 2. The highest BCUT2D eigenvalue weighted by molar-refractivity contribution is 7.92. The summed E-state index contributed by atoms with van der Waals surface area (Å²) >= 11 is 0. The molecule has 1 aliphatic rings. The van der Waals surface area contributed by atoms with Crippen molar-refractivity contribution in [1.29, 1.82) is 0 Å². The normalized spacial score (nSPS) is 14.6. The topological polar surface area (TPSA) is 84.1 Å². The van der Waals surface area contributed by atoms with E-state index in [-0.39, 0.29) is 10.3 Å². The summed E-state index contributed by atoms with van der Waals surface area (Å²) in [7, 11) is -3.67. The minimum absolute atomic E-state index is 0.106. The summed E-state index contributed by atoms with van der Waals surface area (Å²) in [5.41, 5.74) is 3.97. The van der Waals surface area contributed by atoms with E-state index in [4.69, 9.17) is 4.74 Å². The number of H-pyrrole nitrogens is 1. The van der Waals surface area contributed by atoms with Crippen LogP contribution in [0.5, 0.6) is 0 Å². The number of hydrogen-bond donors (Lipinski definition) is 2. The molecule has 3 aromatic rings. The maximum atomic E-state index is 12.7. The van der Waals surface area contributed by atoms with Gasteiger partial charge in [0.05, 0.1) is 34.8 Å². The van der Waals surface area contributed by atoms with E-state index in [0.717, 1.165) is 28.0 Å². The molecule has 0 spiro atoms. The molecular weight excluding hydrogens is 350 g/mol. The van der Waals surface area contributed by atoms with Gasteiger partial charge in [-0.1, -0.05) is 26.8 Å². The van der Waals surface area contributed by atoms with E-state index in [0.29, 0.717) is 18.9 Å². The van der Waals surface area contributed by atoms with Crippen molar-refractivity contribution >= 4 is 26.7 Å². The van der Waals surface area contributed by atoms with Crippen molar-refractivity contribution in [3.8, 4) is 0 Å². The molecule has 2 N–H and O–H groups in total. The van der Waals surface area contributed by atoms with Gasteiger partial charge in [-0.05, 0) is 41.5 Å². The second kappa shape index (κ2) is 5.82. The van der Waals surface area contributed by atoms with Crippen LogP contribution in [-0.4, -0.2) is 18.4 Å². The standard InChI is InChI=1S/C19H21N3O3S/c1-19(2,3)18-20-16-7-5-14(9-17(16)21-18)22-26(23,24)15-6-4-12-10-25-11-13(12)8-15/h4-9,22H,10-11H2,1-3H3,(H,20,21). The van der Waals surface area contributed by atoms with Crippen LogP contribution in [0.3, 0.4) is 0 Å². The molecule has 0 atom stereocenters. The van der Waals surface area contributed by atoms with Crippen LogP contribution in [0.25, 0.3) is 11.0 Å². The molecule has 0 bridgehead atoms. The molecule has 0 amide bonds. The molecule has 4 rings (SSSR count). The third-order valence-corrected chi connectivity index (χ3v) is 5.83. The average molecular weight is 371 g/mol. The lowest BCUT2D eigenvalue weighted by Crippen LogP contribution is -2.13. The minimum Gasteiger partial charge on any atom is -0.372 e. The fourth-order valence-corrected chi connectivity index (χ4v) is 4.06. The molecule has 0 aliphatic carbocycles. The van der Waals surface area contributed by atoms with E-state index >= 15 is 0 Å². The molecule has 2 heterocycles. The van der Waals surface area contributed by atoms with Crippen molar-refractivity contribution in [1.82, 2.24) is 9.97 Å². The SMILES string of the molecule is CC(C)(C)c1nc2ccc(NS(=O)(=O)c3ccc4c(c3)COC4)cc2[nH]1. The monoisotopic (exact) mass is 371 g/mol. The summed E-state index contributed by atoms with van der Waals surface area (Å²) in [6.45, 7) is 7.22. The molecule has 2 aromatic carbocycles. The van der Waals surface area contributed by atoms with Gasteiger partial charge in [-0.2, -0.15) is 0 Å². The summed E-state index contributed by atoms with van der Waals surface area (Å²) in [6, 6.07) is 10.4. The maximum Gasteiger partial charge on any atom is 0.261 e. The van der Waals surface area contributed by atoms with Crippen LogP contribution in [0.2, 0.25) is 0 Å². The van der Waals surface area contributed by atoms with Crippen LogP contribution in [-0.2, 0) is 33.4 Å². The summed E-state index contributed by atoms with van der Waals surface area (Å²) in [5, 5.41) is 0.